The minimum absolute atomic E-state index is 0.311. The predicted octanol–water partition coefficient (Wildman–Crippen LogP) is 3.11. The first-order valence-electron chi connectivity index (χ1n) is 6.96. The maximum absolute atomic E-state index is 5.89. The number of hydrogen-bond acceptors (Lipinski definition) is 2. The summed E-state index contributed by atoms with van der Waals surface area (Å²) < 4.78 is 0. The number of rotatable bonds is 2. The zero-order valence-electron chi connectivity index (χ0n) is 12.2. The molecule has 0 aromatic heterocycles. The van der Waals surface area contributed by atoms with Crippen molar-refractivity contribution in [3.63, 3.8) is 0 Å². The normalized spacial score (nSPS) is 23.2. The van der Waals surface area contributed by atoms with Gasteiger partial charge in [0.05, 0.1) is 0 Å². The third-order valence-corrected chi connectivity index (χ3v) is 4.59. The van der Waals surface area contributed by atoms with Crippen LogP contribution in [0.15, 0.2) is 18.2 Å². The summed E-state index contributed by atoms with van der Waals surface area (Å²) in [5.41, 5.74) is 10.3. The van der Waals surface area contributed by atoms with Crippen LogP contribution >= 0.6 is 0 Å². The minimum atomic E-state index is 0.311. The second-order valence-electron chi connectivity index (χ2n) is 6.40. The third-order valence-electron chi connectivity index (χ3n) is 4.59. The summed E-state index contributed by atoms with van der Waals surface area (Å²) in [6.07, 6.45) is 1.20. The highest BCUT2D eigenvalue weighted by Crippen LogP contribution is 2.36. The molecule has 18 heavy (non-hydrogen) atoms. The van der Waals surface area contributed by atoms with E-state index >= 15 is 0 Å². The van der Waals surface area contributed by atoms with Crippen LogP contribution in [0, 0.1) is 25.2 Å². The monoisotopic (exact) mass is 246 g/mol. The molecule has 1 fully saturated rings. The zero-order valence-corrected chi connectivity index (χ0v) is 12.2. The van der Waals surface area contributed by atoms with Crippen molar-refractivity contribution in [3.05, 3.63) is 29.3 Å². The predicted molar refractivity (Wildman–Crippen MR) is 79.1 cm³/mol. The molecule has 0 saturated carbocycles. The summed E-state index contributed by atoms with van der Waals surface area (Å²) >= 11 is 0. The van der Waals surface area contributed by atoms with Crippen LogP contribution in [0.3, 0.4) is 0 Å². The minimum Gasteiger partial charge on any atom is -0.371 e. The third kappa shape index (κ3) is 2.54. The first kappa shape index (κ1) is 13.4. The Balaban J connectivity index is 2.18. The lowest BCUT2D eigenvalue weighted by atomic mass is 9.74. The van der Waals surface area contributed by atoms with Gasteiger partial charge in [0.25, 0.3) is 0 Å². The van der Waals surface area contributed by atoms with Gasteiger partial charge in [-0.2, -0.15) is 0 Å². The molecule has 1 aliphatic rings. The van der Waals surface area contributed by atoms with Crippen LogP contribution < -0.4 is 10.6 Å². The van der Waals surface area contributed by atoms with Gasteiger partial charge >= 0.3 is 0 Å². The van der Waals surface area contributed by atoms with Crippen LogP contribution in [-0.4, -0.2) is 19.6 Å². The van der Waals surface area contributed by atoms with Crippen molar-refractivity contribution >= 4 is 5.69 Å². The Morgan fingerprint density at radius 2 is 2.00 bits per heavy atom. The molecule has 1 aliphatic heterocycles. The smallest absolute Gasteiger partial charge is 0.0369 e. The molecule has 1 unspecified atom stereocenters. The lowest BCUT2D eigenvalue weighted by Gasteiger charge is -2.45. The molecule has 0 aliphatic carbocycles. The number of nitrogens with two attached hydrogens (primary N) is 1. The average molecular weight is 246 g/mol. The number of nitrogens with zero attached hydrogens (tertiary/aromatic N) is 1. The van der Waals surface area contributed by atoms with Crippen LogP contribution in [0.25, 0.3) is 0 Å². The van der Waals surface area contributed by atoms with Crippen molar-refractivity contribution < 1.29 is 0 Å². The Bertz CT molecular complexity index is 423. The molecule has 1 aromatic carbocycles. The molecule has 2 N–H and O–H groups in total. The van der Waals surface area contributed by atoms with E-state index in [1.54, 1.807) is 0 Å². The standard InChI is InChI=1S/C16H26N2/c1-12-5-6-15(9-13(12)2)18-8-7-14(10-17)16(3,4)11-18/h5-6,9,14H,7-8,10-11,17H2,1-4H3. The van der Waals surface area contributed by atoms with Crippen LogP contribution in [0.5, 0.6) is 0 Å². The van der Waals surface area contributed by atoms with E-state index < -0.39 is 0 Å². The van der Waals surface area contributed by atoms with Crippen molar-refractivity contribution in [3.8, 4) is 0 Å². The summed E-state index contributed by atoms with van der Waals surface area (Å²) in [5, 5.41) is 0. The summed E-state index contributed by atoms with van der Waals surface area (Å²) in [6, 6.07) is 6.79. The molecule has 2 heteroatoms. The van der Waals surface area contributed by atoms with Crippen LogP contribution in [0.4, 0.5) is 5.69 Å². The fourth-order valence-corrected chi connectivity index (χ4v) is 2.98. The maximum atomic E-state index is 5.89. The topological polar surface area (TPSA) is 29.3 Å². The number of anilines is 1. The first-order valence-corrected chi connectivity index (χ1v) is 6.96. The summed E-state index contributed by atoms with van der Waals surface area (Å²) in [7, 11) is 0. The van der Waals surface area contributed by atoms with E-state index in [0.717, 1.165) is 19.6 Å². The molecule has 1 heterocycles. The lowest BCUT2D eigenvalue weighted by molar-refractivity contribution is 0.182. The Kier molecular flexibility index (Phi) is 3.67. The quantitative estimate of drug-likeness (QED) is 0.868. The van der Waals surface area contributed by atoms with Crippen LogP contribution in [-0.2, 0) is 0 Å². The van der Waals surface area contributed by atoms with Gasteiger partial charge in [-0.1, -0.05) is 19.9 Å². The van der Waals surface area contributed by atoms with Crippen molar-refractivity contribution in [1.82, 2.24) is 0 Å². The second kappa shape index (κ2) is 4.93. The van der Waals surface area contributed by atoms with Crippen molar-refractivity contribution in [2.75, 3.05) is 24.5 Å². The Labute approximate surface area is 111 Å². The second-order valence-corrected chi connectivity index (χ2v) is 6.40. The van der Waals surface area contributed by atoms with Gasteiger partial charge in [-0.05, 0) is 61.4 Å². The number of benzene rings is 1. The maximum Gasteiger partial charge on any atom is 0.0369 e. The highest BCUT2D eigenvalue weighted by Gasteiger charge is 2.34. The van der Waals surface area contributed by atoms with E-state index in [4.69, 9.17) is 5.73 Å². The molecule has 1 saturated heterocycles. The lowest BCUT2D eigenvalue weighted by Crippen LogP contribution is -2.48. The van der Waals surface area contributed by atoms with E-state index in [0.29, 0.717) is 11.3 Å². The molecule has 0 amide bonds. The van der Waals surface area contributed by atoms with Gasteiger partial charge in [-0.25, -0.2) is 0 Å². The molecule has 0 bridgehead atoms. The number of aryl methyl sites for hydroxylation is 2. The molecule has 2 rings (SSSR count). The van der Waals surface area contributed by atoms with Gasteiger partial charge in [-0.3, -0.25) is 0 Å². The Hall–Kier alpha value is -1.02. The van der Waals surface area contributed by atoms with Crippen molar-refractivity contribution in [2.45, 2.75) is 34.1 Å². The number of hydrogen-bond donors (Lipinski definition) is 1. The summed E-state index contributed by atoms with van der Waals surface area (Å²) in [4.78, 5) is 2.51. The van der Waals surface area contributed by atoms with E-state index in [-0.39, 0.29) is 0 Å². The van der Waals surface area contributed by atoms with Crippen LogP contribution in [0.2, 0.25) is 0 Å². The van der Waals surface area contributed by atoms with Crippen molar-refractivity contribution in [1.29, 1.82) is 0 Å². The number of piperidine rings is 1. The van der Waals surface area contributed by atoms with Gasteiger partial charge in [0.2, 0.25) is 0 Å². The van der Waals surface area contributed by atoms with Gasteiger partial charge in [0.15, 0.2) is 0 Å². The molecule has 0 spiro atoms. The molecule has 1 atom stereocenters. The SMILES string of the molecule is Cc1ccc(N2CCC(CN)C(C)(C)C2)cc1C. The van der Waals surface area contributed by atoms with E-state index in [2.05, 4.69) is 50.8 Å². The highest BCUT2D eigenvalue weighted by molar-refractivity contribution is 5.51. The highest BCUT2D eigenvalue weighted by atomic mass is 15.1. The van der Waals surface area contributed by atoms with Gasteiger partial charge in [-0.15, -0.1) is 0 Å². The fraction of sp³-hybridized carbons (Fsp3) is 0.625. The first-order chi connectivity index (χ1) is 8.44. The zero-order chi connectivity index (χ0) is 13.3. The van der Waals surface area contributed by atoms with E-state index in [9.17, 15) is 0 Å². The van der Waals surface area contributed by atoms with E-state index in [1.807, 2.05) is 0 Å². The van der Waals surface area contributed by atoms with Crippen molar-refractivity contribution in [2.24, 2.45) is 17.1 Å². The molecular formula is C16H26N2. The van der Waals surface area contributed by atoms with Gasteiger partial charge in [0.1, 0.15) is 0 Å². The molecule has 100 valence electrons. The van der Waals surface area contributed by atoms with E-state index in [1.165, 1.54) is 23.2 Å². The van der Waals surface area contributed by atoms with Gasteiger partial charge in [0, 0.05) is 18.8 Å². The molecule has 1 aromatic rings. The molecular weight excluding hydrogens is 220 g/mol. The average Bonchev–Trinajstić information content (AvgIpc) is 2.31. The Morgan fingerprint density at radius 1 is 1.28 bits per heavy atom. The van der Waals surface area contributed by atoms with Crippen LogP contribution in [0.1, 0.15) is 31.4 Å². The fourth-order valence-electron chi connectivity index (χ4n) is 2.98. The molecule has 0 radical (unpaired) electrons. The largest absolute Gasteiger partial charge is 0.371 e. The Morgan fingerprint density at radius 3 is 2.56 bits per heavy atom. The molecule has 2 nitrogen and oxygen atoms in total. The summed E-state index contributed by atoms with van der Waals surface area (Å²) in [6.45, 7) is 12.1. The van der Waals surface area contributed by atoms with Gasteiger partial charge < -0.3 is 10.6 Å². The summed E-state index contributed by atoms with van der Waals surface area (Å²) in [5.74, 6) is 0.653.